The van der Waals surface area contributed by atoms with Crippen molar-refractivity contribution in [3.63, 3.8) is 0 Å². The SMILES string of the molecule is Nc1ccc2c(c1)CCN(Cc1ccc3ccccc3n1)C2. The standard InChI is InChI=1S/C19H19N3/c20-17-7-5-16-12-22(10-9-15(16)11-17)13-18-8-6-14-3-1-2-4-19(14)21-18/h1-8,11H,9-10,12-13,20H2. The monoisotopic (exact) mass is 289 g/mol. The van der Waals surface area contributed by atoms with Crippen LogP contribution in [0.3, 0.4) is 0 Å². The first-order valence-corrected chi connectivity index (χ1v) is 7.72. The molecular weight excluding hydrogens is 270 g/mol. The van der Waals surface area contributed by atoms with Crippen LogP contribution in [-0.2, 0) is 19.5 Å². The average molecular weight is 289 g/mol. The fourth-order valence-corrected chi connectivity index (χ4v) is 3.19. The molecule has 3 nitrogen and oxygen atoms in total. The molecular formula is C19H19N3. The number of hydrogen-bond donors (Lipinski definition) is 1. The lowest BCUT2D eigenvalue weighted by atomic mass is 9.99. The molecule has 3 aromatic rings. The summed E-state index contributed by atoms with van der Waals surface area (Å²) >= 11 is 0. The number of para-hydroxylation sites is 1. The third-order valence-electron chi connectivity index (χ3n) is 4.36. The molecule has 4 rings (SSSR count). The largest absolute Gasteiger partial charge is 0.399 e. The number of anilines is 1. The smallest absolute Gasteiger partial charge is 0.0705 e. The Morgan fingerprint density at radius 2 is 1.91 bits per heavy atom. The van der Waals surface area contributed by atoms with Crippen molar-refractivity contribution >= 4 is 16.6 Å². The van der Waals surface area contributed by atoms with Crippen LogP contribution in [-0.4, -0.2) is 16.4 Å². The molecule has 0 unspecified atom stereocenters. The summed E-state index contributed by atoms with van der Waals surface area (Å²) in [4.78, 5) is 7.23. The highest BCUT2D eigenvalue weighted by Crippen LogP contribution is 2.22. The van der Waals surface area contributed by atoms with Gasteiger partial charge in [0.05, 0.1) is 11.2 Å². The third-order valence-corrected chi connectivity index (χ3v) is 4.36. The lowest BCUT2D eigenvalue weighted by Gasteiger charge is -2.28. The van der Waals surface area contributed by atoms with Gasteiger partial charge in [-0.15, -0.1) is 0 Å². The minimum Gasteiger partial charge on any atom is -0.399 e. The van der Waals surface area contributed by atoms with Crippen LogP contribution in [0.15, 0.2) is 54.6 Å². The Morgan fingerprint density at radius 3 is 2.86 bits per heavy atom. The fraction of sp³-hybridized carbons (Fsp3) is 0.211. The molecule has 1 aliphatic heterocycles. The number of benzene rings is 2. The molecule has 0 saturated heterocycles. The van der Waals surface area contributed by atoms with E-state index in [1.54, 1.807) is 0 Å². The van der Waals surface area contributed by atoms with Crippen molar-refractivity contribution in [2.45, 2.75) is 19.5 Å². The summed E-state index contributed by atoms with van der Waals surface area (Å²) in [5.74, 6) is 0. The average Bonchev–Trinajstić information content (AvgIpc) is 2.55. The summed E-state index contributed by atoms with van der Waals surface area (Å²) in [5, 5.41) is 1.20. The van der Waals surface area contributed by atoms with Gasteiger partial charge in [0.25, 0.3) is 0 Å². The Morgan fingerprint density at radius 1 is 1.00 bits per heavy atom. The predicted octanol–water partition coefficient (Wildman–Crippen LogP) is 3.38. The van der Waals surface area contributed by atoms with E-state index < -0.39 is 0 Å². The zero-order valence-corrected chi connectivity index (χ0v) is 12.5. The Bertz CT molecular complexity index is 826. The van der Waals surface area contributed by atoms with Gasteiger partial charge in [0.1, 0.15) is 0 Å². The van der Waals surface area contributed by atoms with E-state index in [0.29, 0.717) is 0 Å². The molecule has 3 heteroatoms. The highest BCUT2D eigenvalue weighted by atomic mass is 15.1. The molecule has 2 aromatic carbocycles. The Hall–Kier alpha value is -2.39. The number of pyridine rings is 1. The molecule has 22 heavy (non-hydrogen) atoms. The van der Waals surface area contributed by atoms with E-state index in [1.165, 1.54) is 16.5 Å². The second kappa shape index (κ2) is 5.43. The van der Waals surface area contributed by atoms with Crippen LogP contribution in [0, 0.1) is 0 Å². The molecule has 0 bridgehead atoms. The van der Waals surface area contributed by atoms with Crippen molar-refractivity contribution in [2.75, 3.05) is 12.3 Å². The summed E-state index contributed by atoms with van der Waals surface area (Å²) in [5.41, 5.74) is 11.7. The number of nitrogen functional groups attached to an aromatic ring is 1. The Kier molecular flexibility index (Phi) is 3.28. The molecule has 110 valence electrons. The summed E-state index contributed by atoms with van der Waals surface area (Å²) in [6, 6.07) is 18.8. The third kappa shape index (κ3) is 2.55. The molecule has 1 aromatic heterocycles. The molecule has 2 N–H and O–H groups in total. The maximum atomic E-state index is 5.87. The molecule has 0 atom stereocenters. The van der Waals surface area contributed by atoms with Gasteiger partial charge in [0, 0.05) is 30.7 Å². The van der Waals surface area contributed by atoms with Gasteiger partial charge in [-0.25, -0.2) is 0 Å². The van der Waals surface area contributed by atoms with Crippen LogP contribution >= 0.6 is 0 Å². The van der Waals surface area contributed by atoms with Gasteiger partial charge >= 0.3 is 0 Å². The predicted molar refractivity (Wildman–Crippen MR) is 90.4 cm³/mol. The van der Waals surface area contributed by atoms with E-state index in [4.69, 9.17) is 10.7 Å². The highest BCUT2D eigenvalue weighted by molar-refractivity contribution is 5.78. The van der Waals surface area contributed by atoms with Crippen LogP contribution in [0.4, 0.5) is 5.69 Å². The van der Waals surface area contributed by atoms with Crippen molar-refractivity contribution in [1.82, 2.24) is 9.88 Å². The second-order valence-corrected chi connectivity index (χ2v) is 5.98. The number of nitrogens with zero attached hydrogens (tertiary/aromatic N) is 2. The topological polar surface area (TPSA) is 42.1 Å². The van der Waals surface area contributed by atoms with Crippen molar-refractivity contribution in [3.8, 4) is 0 Å². The van der Waals surface area contributed by atoms with Gasteiger partial charge in [-0.2, -0.15) is 0 Å². The van der Waals surface area contributed by atoms with Crippen molar-refractivity contribution in [2.24, 2.45) is 0 Å². The van der Waals surface area contributed by atoms with E-state index in [-0.39, 0.29) is 0 Å². The Labute approximate surface area is 130 Å². The summed E-state index contributed by atoms with van der Waals surface area (Å²) in [6.07, 6.45) is 1.06. The van der Waals surface area contributed by atoms with Crippen LogP contribution in [0.25, 0.3) is 10.9 Å². The van der Waals surface area contributed by atoms with Crippen LogP contribution in [0.2, 0.25) is 0 Å². The van der Waals surface area contributed by atoms with Crippen molar-refractivity contribution in [1.29, 1.82) is 0 Å². The van der Waals surface area contributed by atoms with Crippen LogP contribution < -0.4 is 5.73 Å². The highest BCUT2D eigenvalue weighted by Gasteiger charge is 2.16. The second-order valence-electron chi connectivity index (χ2n) is 5.98. The zero-order chi connectivity index (χ0) is 14.9. The van der Waals surface area contributed by atoms with Gasteiger partial charge in [-0.3, -0.25) is 9.88 Å². The van der Waals surface area contributed by atoms with E-state index in [1.807, 2.05) is 12.1 Å². The first kappa shape index (κ1) is 13.3. The van der Waals surface area contributed by atoms with Gasteiger partial charge in [0.2, 0.25) is 0 Å². The minimum absolute atomic E-state index is 0.864. The van der Waals surface area contributed by atoms with E-state index in [9.17, 15) is 0 Å². The summed E-state index contributed by atoms with van der Waals surface area (Å²) in [7, 11) is 0. The maximum Gasteiger partial charge on any atom is 0.0705 e. The molecule has 0 amide bonds. The molecule has 2 heterocycles. The summed E-state index contributed by atoms with van der Waals surface area (Å²) in [6.45, 7) is 2.93. The van der Waals surface area contributed by atoms with Crippen molar-refractivity contribution < 1.29 is 0 Å². The van der Waals surface area contributed by atoms with Gasteiger partial charge in [-0.1, -0.05) is 30.3 Å². The fourth-order valence-electron chi connectivity index (χ4n) is 3.19. The number of fused-ring (bicyclic) bond motifs is 2. The van der Waals surface area contributed by atoms with Gasteiger partial charge < -0.3 is 5.73 Å². The first-order chi connectivity index (χ1) is 10.8. The van der Waals surface area contributed by atoms with Gasteiger partial charge in [0.15, 0.2) is 0 Å². The van der Waals surface area contributed by atoms with Gasteiger partial charge in [-0.05, 0) is 41.8 Å². The number of hydrogen-bond acceptors (Lipinski definition) is 3. The molecule has 1 aliphatic rings. The zero-order valence-electron chi connectivity index (χ0n) is 12.5. The lowest BCUT2D eigenvalue weighted by Crippen LogP contribution is -2.30. The number of nitrogens with two attached hydrogens (primary N) is 1. The molecule has 0 saturated carbocycles. The molecule has 0 aliphatic carbocycles. The van der Waals surface area contributed by atoms with E-state index in [2.05, 4.69) is 47.4 Å². The lowest BCUT2D eigenvalue weighted by molar-refractivity contribution is 0.243. The number of rotatable bonds is 2. The van der Waals surface area contributed by atoms with E-state index in [0.717, 1.165) is 43.0 Å². The normalized spacial score (nSPS) is 14.9. The molecule has 0 spiro atoms. The summed E-state index contributed by atoms with van der Waals surface area (Å²) < 4.78 is 0. The first-order valence-electron chi connectivity index (χ1n) is 7.72. The molecule has 0 radical (unpaired) electrons. The Balaban J connectivity index is 1.54. The van der Waals surface area contributed by atoms with Crippen molar-refractivity contribution in [3.05, 3.63) is 71.4 Å². The van der Waals surface area contributed by atoms with Crippen LogP contribution in [0.1, 0.15) is 16.8 Å². The number of aromatic nitrogens is 1. The van der Waals surface area contributed by atoms with Crippen LogP contribution in [0.5, 0.6) is 0 Å². The van der Waals surface area contributed by atoms with E-state index >= 15 is 0 Å². The quantitative estimate of drug-likeness (QED) is 0.735. The maximum absolute atomic E-state index is 5.87. The molecule has 0 fully saturated rings. The minimum atomic E-state index is 0.864.